The molecule has 5 rings (SSSR count). The molecule has 0 atom stereocenters. The van der Waals surface area contributed by atoms with Crippen LogP contribution in [0.5, 0.6) is 23.1 Å². The number of ether oxygens (including phenoxy) is 3. The maximum Gasteiger partial charge on any atom is 0.352 e. The molecule has 0 radical (unpaired) electrons. The summed E-state index contributed by atoms with van der Waals surface area (Å²) in [7, 11) is 0. The molecular formula is C29H25N3O5. The number of nitrogens with zero attached hydrogens (tertiary/aromatic N) is 2. The summed E-state index contributed by atoms with van der Waals surface area (Å²) in [5, 5.41) is 10.3. The van der Waals surface area contributed by atoms with Crippen LogP contribution in [0.2, 0.25) is 0 Å². The number of carboxylic acids is 1. The van der Waals surface area contributed by atoms with Crippen LogP contribution < -0.4 is 14.2 Å². The average Bonchev–Trinajstić information content (AvgIpc) is 3.37. The zero-order valence-electron chi connectivity index (χ0n) is 20.2. The van der Waals surface area contributed by atoms with Gasteiger partial charge in [0.05, 0.1) is 24.4 Å². The fourth-order valence-electron chi connectivity index (χ4n) is 4.02. The van der Waals surface area contributed by atoms with Gasteiger partial charge in [0.25, 0.3) is 0 Å². The number of carbonyl (C=O) groups is 1. The Balaban J connectivity index is 1.33. The Labute approximate surface area is 213 Å². The number of carboxylic acid groups (broad SMARTS) is 1. The second-order valence-electron chi connectivity index (χ2n) is 8.21. The smallest absolute Gasteiger partial charge is 0.352 e. The van der Waals surface area contributed by atoms with Gasteiger partial charge in [0.15, 0.2) is 0 Å². The van der Waals surface area contributed by atoms with Crippen LogP contribution in [-0.2, 0) is 6.42 Å². The van der Waals surface area contributed by atoms with Crippen molar-refractivity contribution in [1.29, 1.82) is 0 Å². The number of aromatic amines is 1. The first-order valence-corrected chi connectivity index (χ1v) is 11.9. The van der Waals surface area contributed by atoms with E-state index < -0.39 is 5.97 Å². The predicted molar refractivity (Wildman–Crippen MR) is 140 cm³/mol. The molecule has 2 aromatic carbocycles. The number of aromatic nitrogens is 3. The molecule has 8 heteroatoms. The molecule has 0 aliphatic carbocycles. The van der Waals surface area contributed by atoms with Crippen molar-refractivity contribution in [2.24, 2.45) is 0 Å². The number of rotatable bonds is 10. The second kappa shape index (κ2) is 10.8. The first kappa shape index (κ1) is 23.9. The molecule has 0 bridgehead atoms. The lowest BCUT2D eigenvalue weighted by molar-refractivity contribution is 0.0691. The van der Waals surface area contributed by atoms with E-state index in [1.54, 1.807) is 24.5 Å². The number of fused-ring (bicyclic) bond motifs is 1. The van der Waals surface area contributed by atoms with Crippen molar-refractivity contribution in [2.75, 3.05) is 13.2 Å². The van der Waals surface area contributed by atoms with Crippen molar-refractivity contribution in [3.8, 4) is 34.4 Å². The van der Waals surface area contributed by atoms with Gasteiger partial charge in [-0.05, 0) is 61.0 Å². The Bertz CT molecular complexity index is 1510. The number of H-pyrrole nitrogens is 1. The minimum Gasteiger partial charge on any atom is -0.494 e. The molecule has 5 aromatic rings. The molecule has 0 saturated carbocycles. The normalized spacial score (nSPS) is 10.8. The molecule has 0 spiro atoms. The van der Waals surface area contributed by atoms with Crippen LogP contribution in [0.25, 0.3) is 22.2 Å². The topological polar surface area (TPSA) is 107 Å². The third-order valence-electron chi connectivity index (χ3n) is 5.72. The van der Waals surface area contributed by atoms with Crippen molar-refractivity contribution in [3.63, 3.8) is 0 Å². The Morgan fingerprint density at radius 2 is 1.76 bits per heavy atom. The molecule has 186 valence electrons. The van der Waals surface area contributed by atoms with E-state index in [0.29, 0.717) is 42.7 Å². The second-order valence-corrected chi connectivity index (χ2v) is 8.21. The van der Waals surface area contributed by atoms with E-state index in [-0.39, 0.29) is 5.69 Å². The third-order valence-corrected chi connectivity index (χ3v) is 5.72. The molecule has 0 aliphatic heterocycles. The number of hydrogen-bond donors (Lipinski definition) is 2. The Morgan fingerprint density at radius 1 is 0.919 bits per heavy atom. The monoisotopic (exact) mass is 495 g/mol. The number of pyridine rings is 2. The molecule has 8 nitrogen and oxygen atoms in total. The molecule has 3 heterocycles. The van der Waals surface area contributed by atoms with Crippen molar-refractivity contribution in [2.45, 2.75) is 13.3 Å². The summed E-state index contributed by atoms with van der Waals surface area (Å²) in [4.78, 5) is 23.6. The summed E-state index contributed by atoms with van der Waals surface area (Å²) in [5.74, 6) is 1.58. The van der Waals surface area contributed by atoms with Crippen LogP contribution in [0, 0.1) is 0 Å². The lowest BCUT2D eigenvalue weighted by atomic mass is 10.0. The van der Waals surface area contributed by atoms with Gasteiger partial charge in [-0.1, -0.05) is 18.2 Å². The fraction of sp³-hybridized carbons (Fsp3) is 0.138. The molecule has 0 saturated heterocycles. The predicted octanol–water partition coefficient (Wildman–Crippen LogP) is 6.14. The Hall–Kier alpha value is -4.85. The zero-order chi connectivity index (χ0) is 25.6. The SMILES string of the molecule is CCOc1cccc(-c2ncc(CCOc3ccc(Oc4ccccn4)cc3)c3[nH]c(C(=O)O)cc23)c1. The first-order valence-electron chi connectivity index (χ1n) is 11.9. The zero-order valence-corrected chi connectivity index (χ0v) is 20.2. The van der Waals surface area contributed by atoms with Gasteiger partial charge in [-0.15, -0.1) is 0 Å². The van der Waals surface area contributed by atoms with Crippen LogP contribution in [-0.4, -0.2) is 39.2 Å². The van der Waals surface area contributed by atoms with E-state index in [4.69, 9.17) is 14.2 Å². The minimum absolute atomic E-state index is 0.107. The van der Waals surface area contributed by atoms with Crippen LogP contribution in [0.15, 0.2) is 85.2 Å². The Kier molecular flexibility index (Phi) is 6.98. The third kappa shape index (κ3) is 5.54. The maximum absolute atomic E-state index is 11.7. The summed E-state index contributed by atoms with van der Waals surface area (Å²) < 4.78 is 17.3. The van der Waals surface area contributed by atoms with Gasteiger partial charge in [-0.2, -0.15) is 0 Å². The maximum atomic E-state index is 11.7. The van der Waals surface area contributed by atoms with Crippen LogP contribution >= 0.6 is 0 Å². The molecule has 2 N–H and O–H groups in total. The van der Waals surface area contributed by atoms with Crippen LogP contribution in [0.3, 0.4) is 0 Å². The highest BCUT2D eigenvalue weighted by molar-refractivity contribution is 6.00. The molecule has 37 heavy (non-hydrogen) atoms. The largest absolute Gasteiger partial charge is 0.494 e. The lowest BCUT2D eigenvalue weighted by Gasteiger charge is -2.11. The molecule has 0 unspecified atom stereocenters. The summed E-state index contributed by atoms with van der Waals surface area (Å²) in [5.41, 5.74) is 3.24. The van der Waals surface area contributed by atoms with E-state index in [1.165, 1.54) is 0 Å². The number of hydrogen-bond acceptors (Lipinski definition) is 6. The van der Waals surface area contributed by atoms with Gasteiger partial charge < -0.3 is 24.3 Å². The van der Waals surface area contributed by atoms with Gasteiger partial charge in [-0.25, -0.2) is 9.78 Å². The number of aromatic carboxylic acids is 1. The van der Waals surface area contributed by atoms with Gasteiger partial charge in [0.2, 0.25) is 5.88 Å². The number of benzene rings is 2. The quantitative estimate of drug-likeness (QED) is 0.240. The number of nitrogens with one attached hydrogen (secondary N) is 1. The standard InChI is InChI=1S/C29H25N3O5/c1-2-35-23-7-5-6-19(16-23)27-24-17-25(29(33)34)32-28(24)20(18-31-27)13-15-36-21-9-11-22(12-10-21)37-26-8-3-4-14-30-26/h3-12,14,16-18,32H,2,13,15H2,1H3,(H,33,34). The van der Waals surface area contributed by atoms with E-state index >= 15 is 0 Å². The summed E-state index contributed by atoms with van der Waals surface area (Å²) in [6.07, 6.45) is 3.97. The minimum atomic E-state index is -1.03. The summed E-state index contributed by atoms with van der Waals surface area (Å²) in [6.45, 7) is 2.87. The van der Waals surface area contributed by atoms with Crippen molar-refractivity contribution in [3.05, 3.63) is 96.4 Å². The molecule has 0 fully saturated rings. The van der Waals surface area contributed by atoms with Crippen molar-refractivity contribution in [1.82, 2.24) is 15.0 Å². The molecular weight excluding hydrogens is 470 g/mol. The van der Waals surface area contributed by atoms with Crippen molar-refractivity contribution < 1.29 is 24.1 Å². The highest BCUT2D eigenvalue weighted by atomic mass is 16.5. The highest BCUT2D eigenvalue weighted by Gasteiger charge is 2.16. The average molecular weight is 496 g/mol. The van der Waals surface area contributed by atoms with Crippen LogP contribution in [0.1, 0.15) is 23.0 Å². The van der Waals surface area contributed by atoms with E-state index in [9.17, 15) is 9.90 Å². The molecule has 0 amide bonds. The Morgan fingerprint density at radius 3 is 2.51 bits per heavy atom. The van der Waals surface area contributed by atoms with Gasteiger partial charge in [0.1, 0.15) is 22.9 Å². The van der Waals surface area contributed by atoms with Gasteiger partial charge >= 0.3 is 5.97 Å². The van der Waals surface area contributed by atoms with E-state index in [2.05, 4.69) is 15.0 Å². The van der Waals surface area contributed by atoms with Crippen molar-refractivity contribution >= 4 is 16.9 Å². The van der Waals surface area contributed by atoms with Gasteiger partial charge in [-0.3, -0.25) is 4.98 Å². The first-order chi connectivity index (χ1) is 18.1. The fourth-order valence-corrected chi connectivity index (χ4v) is 4.02. The lowest BCUT2D eigenvalue weighted by Crippen LogP contribution is -2.03. The van der Waals surface area contributed by atoms with Crippen LogP contribution in [0.4, 0.5) is 0 Å². The summed E-state index contributed by atoms with van der Waals surface area (Å²) >= 11 is 0. The highest BCUT2D eigenvalue weighted by Crippen LogP contribution is 2.32. The van der Waals surface area contributed by atoms with Gasteiger partial charge in [0, 0.05) is 35.8 Å². The van der Waals surface area contributed by atoms with E-state index in [0.717, 1.165) is 27.8 Å². The van der Waals surface area contributed by atoms with E-state index in [1.807, 2.05) is 67.6 Å². The summed E-state index contributed by atoms with van der Waals surface area (Å²) in [6, 6.07) is 22.0. The molecule has 3 aromatic heterocycles. The molecule has 0 aliphatic rings.